The third-order valence-corrected chi connectivity index (χ3v) is 3.48. The van der Waals surface area contributed by atoms with Crippen molar-refractivity contribution in [1.82, 2.24) is 10.3 Å². The Labute approximate surface area is 104 Å². The van der Waals surface area contributed by atoms with Crippen molar-refractivity contribution in [2.45, 2.75) is 45.6 Å². The summed E-state index contributed by atoms with van der Waals surface area (Å²) < 4.78 is 0. The lowest BCUT2D eigenvalue weighted by molar-refractivity contribution is 0.561. The van der Waals surface area contributed by atoms with Gasteiger partial charge in [-0.1, -0.05) is 18.6 Å². The largest absolute Gasteiger partial charge is 0.307 e. The standard InChI is InChI=1S/C15H22N2/c1-3-17-15(13-7-5-4-6-8-13)14-9-10-16-11-12(14)2/h7,9-11,15,17H,3-6,8H2,1-2H3. The van der Waals surface area contributed by atoms with Gasteiger partial charge in [-0.15, -0.1) is 0 Å². The average molecular weight is 230 g/mol. The van der Waals surface area contributed by atoms with Crippen LogP contribution in [0.4, 0.5) is 0 Å². The molecule has 1 unspecified atom stereocenters. The van der Waals surface area contributed by atoms with Crippen molar-refractivity contribution in [3.05, 3.63) is 41.2 Å². The average Bonchev–Trinajstić information content (AvgIpc) is 2.38. The molecule has 1 aromatic rings. The van der Waals surface area contributed by atoms with E-state index in [4.69, 9.17) is 0 Å². The normalized spacial score (nSPS) is 17.6. The highest BCUT2D eigenvalue weighted by Gasteiger charge is 2.18. The molecule has 1 N–H and O–H groups in total. The van der Waals surface area contributed by atoms with Crippen LogP contribution in [0.1, 0.15) is 49.8 Å². The molecule has 0 radical (unpaired) electrons. The molecule has 2 heteroatoms. The third-order valence-electron chi connectivity index (χ3n) is 3.48. The highest BCUT2D eigenvalue weighted by atomic mass is 14.9. The first-order chi connectivity index (χ1) is 8.33. The monoisotopic (exact) mass is 230 g/mol. The van der Waals surface area contributed by atoms with Crippen LogP contribution in [0.25, 0.3) is 0 Å². The molecule has 1 aliphatic carbocycles. The number of likely N-dealkylation sites (N-methyl/N-ethyl adjacent to an activating group) is 1. The van der Waals surface area contributed by atoms with E-state index in [1.54, 1.807) is 5.57 Å². The third kappa shape index (κ3) is 2.95. The summed E-state index contributed by atoms with van der Waals surface area (Å²) in [6.07, 6.45) is 11.4. The van der Waals surface area contributed by atoms with Gasteiger partial charge >= 0.3 is 0 Å². The van der Waals surface area contributed by atoms with Gasteiger partial charge in [0.2, 0.25) is 0 Å². The van der Waals surface area contributed by atoms with Crippen LogP contribution in [-0.2, 0) is 0 Å². The zero-order chi connectivity index (χ0) is 12.1. The molecule has 92 valence electrons. The van der Waals surface area contributed by atoms with Gasteiger partial charge < -0.3 is 5.32 Å². The minimum absolute atomic E-state index is 0.392. The van der Waals surface area contributed by atoms with Crippen molar-refractivity contribution in [3.63, 3.8) is 0 Å². The van der Waals surface area contributed by atoms with Crippen LogP contribution in [0.5, 0.6) is 0 Å². The van der Waals surface area contributed by atoms with Gasteiger partial charge in [0, 0.05) is 12.4 Å². The van der Waals surface area contributed by atoms with Gasteiger partial charge in [0.1, 0.15) is 0 Å². The predicted octanol–water partition coefficient (Wildman–Crippen LogP) is 3.54. The zero-order valence-corrected chi connectivity index (χ0v) is 10.9. The van der Waals surface area contributed by atoms with Gasteiger partial charge in [-0.05, 0) is 56.3 Å². The molecule has 2 rings (SSSR count). The van der Waals surface area contributed by atoms with Crippen LogP contribution in [-0.4, -0.2) is 11.5 Å². The molecule has 0 amide bonds. The number of rotatable bonds is 4. The second-order valence-electron chi connectivity index (χ2n) is 4.75. The molecule has 0 bridgehead atoms. The van der Waals surface area contributed by atoms with E-state index in [1.807, 2.05) is 12.4 Å². The summed E-state index contributed by atoms with van der Waals surface area (Å²) in [5.41, 5.74) is 4.23. The summed E-state index contributed by atoms with van der Waals surface area (Å²) in [7, 11) is 0. The van der Waals surface area contributed by atoms with Gasteiger partial charge in [0.25, 0.3) is 0 Å². The lowest BCUT2D eigenvalue weighted by Gasteiger charge is -2.25. The molecule has 2 nitrogen and oxygen atoms in total. The Bertz CT molecular complexity index is 396. The number of nitrogens with one attached hydrogen (secondary N) is 1. The minimum Gasteiger partial charge on any atom is -0.307 e. The summed E-state index contributed by atoms with van der Waals surface area (Å²) in [5.74, 6) is 0. The lowest BCUT2D eigenvalue weighted by Crippen LogP contribution is -2.24. The van der Waals surface area contributed by atoms with Crippen molar-refractivity contribution in [1.29, 1.82) is 0 Å². The molecule has 0 fully saturated rings. The van der Waals surface area contributed by atoms with Crippen LogP contribution in [0.15, 0.2) is 30.1 Å². The highest BCUT2D eigenvalue weighted by molar-refractivity contribution is 5.33. The van der Waals surface area contributed by atoms with E-state index in [-0.39, 0.29) is 0 Å². The fourth-order valence-corrected chi connectivity index (χ4v) is 2.58. The Morgan fingerprint density at radius 3 is 2.94 bits per heavy atom. The van der Waals surface area contributed by atoms with Crippen molar-refractivity contribution >= 4 is 0 Å². The van der Waals surface area contributed by atoms with E-state index >= 15 is 0 Å². The second kappa shape index (κ2) is 5.97. The summed E-state index contributed by atoms with van der Waals surface area (Å²) in [4.78, 5) is 4.19. The van der Waals surface area contributed by atoms with Crippen LogP contribution in [0.2, 0.25) is 0 Å². The number of hydrogen-bond donors (Lipinski definition) is 1. The van der Waals surface area contributed by atoms with Gasteiger partial charge in [-0.25, -0.2) is 0 Å². The second-order valence-corrected chi connectivity index (χ2v) is 4.75. The van der Waals surface area contributed by atoms with E-state index in [0.29, 0.717) is 6.04 Å². The minimum atomic E-state index is 0.392. The van der Waals surface area contributed by atoms with Gasteiger partial charge in [0.05, 0.1) is 6.04 Å². The SMILES string of the molecule is CCNC(C1=CCCCC1)c1ccncc1C. The lowest BCUT2D eigenvalue weighted by atomic mass is 9.88. The Morgan fingerprint density at radius 2 is 2.29 bits per heavy atom. The highest BCUT2D eigenvalue weighted by Crippen LogP contribution is 2.30. The maximum absolute atomic E-state index is 4.19. The molecule has 17 heavy (non-hydrogen) atoms. The van der Waals surface area contributed by atoms with Crippen LogP contribution < -0.4 is 5.32 Å². The van der Waals surface area contributed by atoms with E-state index in [2.05, 4.69) is 36.3 Å². The molecule has 0 aromatic carbocycles. The molecular weight excluding hydrogens is 208 g/mol. The fourth-order valence-electron chi connectivity index (χ4n) is 2.58. The Hall–Kier alpha value is -1.15. The first-order valence-corrected chi connectivity index (χ1v) is 6.65. The summed E-state index contributed by atoms with van der Waals surface area (Å²) >= 11 is 0. The topological polar surface area (TPSA) is 24.9 Å². The van der Waals surface area contributed by atoms with E-state index < -0.39 is 0 Å². The van der Waals surface area contributed by atoms with E-state index in [0.717, 1.165) is 6.54 Å². The van der Waals surface area contributed by atoms with Crippen LogP contribution in [0.3, 0.4) is 0 Å². The number of aryl methyl sites for hydroxylation is 1. The molecular formula is C15H22N2. The maximum Gasteiger partial charge on any atom is 0.0539 e. The van der Waals surface area contributed by atoms with Crippen LogP contribution >= 0.6 is 0 Å². The summed E-state index contributed by atoms with van der Waals surface area (Å²) in [6.45, 7) is 5.33. The summed E-state index contributed by atoms with van der Waals surface area (Å²) in [5, 5.41) is 3.61. The fraction of sp³-hybridized carbons (Fsp3) is 0.533. The first-order valence-electron chi connectivity index (χ1n) is 6.65. The van der Waals surface area contributed by atoms with Gasteiger partial charge in [-0.2, -0.15) is 0 Å². The van der Waals surface area contributed by atoms with Crippen LogP contribution in [0, 0.1) is 6.92 Å². The molecule has 0 saturated heterocycles. The predicted molar refractivity (Wildman–Crippen MR) is 71.9 cm³/mol. The number of allylic oxidation sites excluding steroid dienone is 1. The van der Waals surface area contributed by atoms with Crippen molar-refractivity contribution < 1.29 is 0 Å². The van der Waals surface area contributed by atoms with Gasteiger partial charge in [0.15, 0.2) is 0 Å². The summed E-state index contributed by atoms with van der Waals surface area (Å²) in [6, 6.07) is 2.54. The molecule has 1 aliphatic rings. The Kier molecular flexibility index (Phi) is 4.32. The van der Waals surface area contributed by atoms with E-state index in [1.165, 1.54) is 36.8 Å². The number of hydrogen-bond acceptors (Lipinski definition) is 2. The molecule has 1 atom stereocenters. The number of nitrogens with zero attached hydrogens (tertiary/aromatic N) is 1. The molecule has 0 aliphatic heterocycles. The number of aromatic nitrogens is 1. The smallest absolute Gasteiger partial charge is 0.0539 e. The first kappa shape index (κ1) is 12.3. The van der Waals surface area contributed by atoms with Crippen molar-refractivity contribution in [2.24, 2.45) is 0 Å². The number of pyridine rings is 1. The quantitative estimate of drug-likeness (QED) is 0.800. The molecule has 0 saturated carbocycles. The van der Waals surface area contributed by atoms with Crippen molar-refractivity contribution in [3.8, 4) is 0 Å². The Balaban J connectivity index is 2.28. The molecule has 1 heterocycles. The maximum atomic E-state index is 4.19. The molecule has 0 spiro atoms. The zero-order valence-electron chi connectivity index (χ0n) is 10.9. The Morgan fingerprint density at radius 1 is 1.41 bits per heavy atom. The van der Waals surface area contributed by atoms with Crippen molar-refractivity contribution in [2.75, 3.05) is 6.54 Å². The van der Waals surface area contributed by atoms with E-state index in [9.17, 15) is 0 Å². The van der Waals surface area contributed by atoms with Gasteiger partial charge in [-0.3, -0.25) is 4.98 Å². The molecule has 1 aromatic heterocycles.